The molecule has 0 fully saturated rings. The molecule has 0 saturated heterocycles. The number of nitrogens with zero attached hydrogens (tertiary/aromatic N) is 3. The zero-order valence-corrected chi connectivity index (χ0v) is 37.4. The Balaban J connectivity index is 1.28. The van der Waals surface area contributed by atoms with Gasteiger partial charge in [0.25, 0.3) is 0 Å². The fourth-order valence-electron chi connectivity index (χ4n) is 11.3. The average Bonchev–Trinajstić information content (AvgIpc) is 3.79. The van der Waals surface area contributed by atoms with Crippen molar-refractivity contribution in [2.45, 2.75) is 86.0 Å². The third-order valence-electron chi connectivity index (χ3n) is 15.2. The number of hydrogen-bond acceptors (Lipinski definition) is 2. The standard InChI is InChI=1S/C58H54N4/c1-10-12-43(29-59)61-51-20-18-41(39-16-14-31(2)33(4)23-39)25-47(51)49-27-45-35(6)36(7)46-28-50-48-26-42(40-17-15-32(3)34(5)24-40)19-21-52(48)62(44-13-11-22-60-30-44)58(50)54-38(9)37(8)53(57(49)61)55(45)56(46)54/h10-30,35-38H,59H2,1-9H3/b12-10-,43-29+. The molecule has 11 rings (SSSR count). The van der Waals surface area contributed by atoms with Gasteiger partial charge in [0.1, 0.15) is 0 Å². The Hall–Kier alpha value is -6.65. The molecule has 2 aliphatic rings. The quantitative estimate of drug-likeness (QED) is 0.176. The minimum absolute atomic E-state index is 0.206. The number of aromatic nitrogens is 3. The molecule has 4 nitrogen and oxygen atoms in total. The van der Waals surface area contributed by atoms with Crippen molar-refractivity contribution in [2.75, 3.05) is 0 Å². The van der Waals surface area contributed by atoms with E-state index >= 15 is 0 Å². The van der Waals surface area contributed by atoms with E-state index in [4.69, 9.17) is 5.73 Å². The number of aryl methyl sites for hydroxylation is 4. The van der Waals surface area contributed by atoms with Crippen LogP contribution in [-0.2, 0) is 0 Å². The van der Waals surface area contributed by atoms with Crippen molar-refractivity contribution in [1.82, 2.24) is 14.1 Å². The summed E-state index contributed by atoms with van der Waals surface area (Å²) in [5.74, 6) is 1.04. The van der Waals surface area contributed by atoms with Crippen LogP contribution in [0.25, 0.3) is 88.4 Å². The zero-order chi connectivity index (χ0) is 42.9. The van der Waals surface area contributed by atoms with Gasteiger partial charge < -0.3 is 14.9 Å². The lowest BCUT2D eigenvalue weighted by molar-refractivity contribution is 0.584. The van der Waals surface area contributed by atoms with E-state index in [0.717, 1.165) is 11.4 Å². The number of fused-ring (bicyclic) bond motifs is 8. The van der Waals surface area contributed by atoms with Crippen molar-refractivity contribution in [3.05, 3.63) is 172 Å². The van der Waals surface area contributed by atoms with Gasteiger partial charge in [-0.3, -0.25) is 4.98 Å². The third kappa shape index (κ3) is 5.28. The van der Waals surface area contributed by atoms with Crippen LogP contribution in [0.3, 0.4) is 0 Å². The lowest BCUT2D eigenvalue weighted by Gasteiger charge is -2.42. The molecule has 0 bridgehead atoms. The van der Waals surface area contributed by atoms with Gasteiger partial charge in [-0.1, -0.05) is 82.3 Å². The van der Waals surface area contributed by atoms with Gasteiger partial charge in [-0.05, 0) is 191 Å². The van der Waals surface area contributed by atoms with Crippen LogP contribution in [0.1, 0.15) is 103 Å². The van der Waals surface area contributed by atoms with Crippen molar-refractivity contribution in [2.24, 2.45) is 5.73 Å². The Morgan fingerprint density at radius 3 is 1.61 bits per heavy atom. The summed E-state index contributed by atoms with van der Waals surface area (Å²) in [5, 5.41) is 5.18. The van der Waals surface area contributed by atoms with E-state index < -0.39 is 0 Å². The second-order valence-electron chi connectivity index (χ2n) is 18.5. The van der Waals surface area contributed by atoms with Crippen LogP contribution in [0.2, 0.25) is 0 Å². The predicted molar refractivity (Wildman–Crippen MR) is 264 cm³/mol. The van der Waals surface area contributed by atoms with E-state index in [9.17, 15) is 0 Å². The van der Waals surface area contributed by atoms with Crippen LogP contribution in [0.4, 0.5) is 0 Å². The van der Waals surface area contributed by atoms with Crippen molar-refractivity contribution in [1.29, 1.82) is 0 Å². The summed E-state index contributed by atoms with van der Waals surface area (Å²) in [6, 6.07) is 37.2. The maximum Gasteiger partial charge on any atom is 0.0645 e. The molecule has 4 unspecified atom stereocenters. The van der Waals surface area contributed by atoms with Gasteiger partial charge in [0, 0.05) is 33.9 Å². The zero-order valence-electron chi connectivity index (χ0n) is 37.4. The van der Waals surface area contributed by atoms with Crippen LogP contribution in [-0.4, -0.2) is 14.1 Å². The van der Waals surface area contributed by atoms with Gasteiger partial charge >= 0.3 is 0 Å². The molecule has 306 valence electrons. The molecule has 0 aliphatic heterocycles. The molecular formula is C58H54N4. The Morgan fingerprint density at radius 1 is 0.565 bits per heavy atom. The van der Waals surface area contributed by atoms with Crippen LogP contribution in [0, 0.1) is 27.7 Å². The van der Waals surface area contributed by atoms with Crippen molar-refractivity contribution in [3.8, 4) is 39.1 Å². The second kappa shape index (κ2) is 13.9. The molecule has 3 heterocycles. The van der Waals surface area contributed by atoms with Crippen molar-refractivity contribution < 1.29 is 0 Å². The fraction of sp³-hybridized carbons (Fsp3) is 0.224. The maximum absolute atomic E-state index is 6.59. The predicted octanol–water partition coefficient (Wildman–Crippen LogP) is 15.3. The largest absolute Gasteiger partial charge is 0.403 e. The monoisotopic (exact) mass is 806 g/mol. The average molecular weight is 807 g/mol. The molecule has 2 aliphatic carbocycles. The first-order valence-electron chi connectivity index (χ1n) is 22.4. The Morgan fingerprint density at radius 2 is 1.08 bits per heavy atom. The SMILES string of the molecule is C/C=C\C(=C/N)n1c2ccc(-c3ccc(C)c(C)c3)cc2c2cc3c4c(c21)C(C)C(C)c1c-4c(cc2c4cc(-c5ccc(C)c(C)c5)ccc4n(-c4cccnc4)c12)C(C)C3C. The van der Waals surface area contributed by atoms with Crippen LogP contribution >= 0.6 is 0 Å². The fourth-order valence-corrected chi connectivity index (χ4v) is 11.3. The van der Waals surface area contributed by atoms with E-state index in [1.807, 2.05) is 12.4 Å². The van der Waals surface area contributed by atoms with Gasteiger partial charge in [0.05, 0.1) is 39.6 Å². The summed E-state index contributed by atoms with van der Waals surface area (Å²) in [4.78, 5) is 4.68. The summed E-state index contributed by atoms with van der Waals surface area (Å²) in [6.07, 6.45) is 9.95. The smallest absolute Gasteiger partial charge is 0.0645 e. The minimum atomic E-state index is 0.206. The maximum atomic E-state index is 6.59. The van der Waals surface area contributed by atoms with Crippen LogP contribution in [0.5, 0.6) is 0 Å². The highest BCUT2D eigenvalue weighted by Crippen LogP contribution is 2.61. The number of allylic oxidation sites excluding steroid dienone is 3. The third-order valence-corrected chi connectivity index (χ3v) is 15.2. The van der Waals surface area contributed by atoms with Crippen LogP contribution in [0.15, 0.2) is 128 Å². The molecule has 0 radical (unpaired) electrons. The van der Waals surface area contributed by atoms with Crippen LogP contribution < -0.4 is 5.73 Å². The van der Waals surface area contributed by atoms with Crippen molar-refractivity contribution in [3.63, 3.8) is 0 Å². The Labute approximate surface area is 365 Å². The highest BCUT2D eigenvalue weighted by molar-refractivity contribution is 6.18. The molecule has 3 aromatic heterocycles. The van der Waals surface area contributed by atoms with E-state index in [1.165, 1.54) is 122 Å². The van der Waals surface area contributed by atoms with Gasteiger partial charge in [-0.25, -0.2) is 0 Å². The molecule has 0 saturated carbocycles. The molecular weight excluding hydrogens is 753 g/mol. The normalized spacial score (nSPS) is 18.5. The van der Waals surface area contributed by atoms with Gasteiger partial charge in [-0.15, -0.1) is 0 Å². The molecule has 9 aromatic rings. The van der Waals surface area contributed by atoms with Gasteiger partial charge in [0.2, 0.25) is 0 Å². The molecule has 6 aromatic carbocycles. The highest BCUT2D eigenvalue weighted by atomic mass is 15.0. The number of benzene rings is 6. The van der Waals surface area contributed by atoms with Gasteiger partial charge in [-0.2, -0.15) is 0 Å². The van der Waals surface area contributed by atoms with E-state index in [-0.39, 0.29) is 11.8 Å². The summed E-state index contributed by atoms with van der Waals surface area (Å²) < 4.78 is 4.97. The lowest BCUT2D eigenvalue weighted by Crippen LogP contribution is -2.24. The minimum Gasteiger partial charge on any atom is -0.403 e. The van der Waals surface area contributed by atoms with E-state index in [2.05, 4.69) is 186 Å². The number of rotatable bonds is 5. The summed E-state index contributed by atoms with van der Waals surface area (Å²) in [6.45, 7) is 20.8. The molecule has 4 heteroatoms. The number of pyridine rings is 1. The number of nitrogens with two attached hydrogens (primary N) is 1. The molecule has 4 atom stereocenters. The van der Waals surface area contributed by atoms with Crippen molar-refractivity contribution >= 4 is 49.3 Å². The first-order valence-corrected chi connectivity index (χ1v) is 22.4. The summed E-state index contributed by atoms with van der Waals surface area (Å²) in [7, 11) is 0. The highest BCUT2D eigenvalue weighted by Gasteiger charge is 2.42. The Bertz CT molecular complexity index is 3430. The van der Waals surface area contributed by atoms with E-state index in [0.29, 0.717) is 11.8 Å². The topological polar surface area (TPSA) is 48.8 Å². The first kappa shape index (κ1) is 38.3. The van der Waals surface area contributed by atoms with Gasteiger partial charge in [0.15, 0.2) is 0 Å². The summed E-state index contributed by atoms with van der Waals surface area (Å²) in [5.41, 5.74) is 32.5. The first-order chi connectivity index (χ1) is 30.0. The molecule has 62 heavy (non-hydrogen) atoms. The summed E-state index contributed by atoms with van der Waals surface area (Å²) >= 11 is 0. The molecule has 0 spiro atoms. The Kier molecular flexibility index (Phi) is 8.61. The molecule has 0 amide bonds. The van der Waals surface area contributed by atoms with E-state index in [1.54, 1.807) is 6.20 Å². The number of hydrogen-bond donors (Lipinski definition) is 1. The molecule has 2 N–H and O–H groups in total. The second-order valence-corrected chi connectivity index (χ2v) is 18.5. The lowest BCUT2D eigenvalue weighted by atomic mass is 9.62.